The minimum Gasteiger partial charge on any atom is -0.361 e. The maximum atomic E-state index is 12.6. The molecule has 2 aromatic rings. The lowest BCUT2D eigenvalue weighted by Gasteiger charge is -2.22. The molecular formula is C19H26N4O2. The molecule has 0 radical (unpaired) electrons. The van der Waals surface area contributed by atoms with E-state index < -0.39 is 0 Å². The van der Waals surface area contributed by atoms with Crippen LogP contribution in [0.5, 0.6) is 0 Å². The molecule has 1 N–H and O–H groups in total. The summed E-state index contributed by atoms with van der Waals surface area (Å²) in [6.07, 6.45) is 6.83. The first-order valence-corrected chi connectivity index (χ1v) is 8.99. The normalized spacial score (nSPS) is 14.7. The summed E-state index contributed by atoms with van der Waals surface area (Å²) in [5.74, 6) is 0.991. The van der Waals surface area contributed by atoms with Gasteiger partial charge in [-0.3, -0.25) is 4.98 Å². The first-order chi connectivity index (χ1) is 12.1. The second kappa shape index (κ2) is 7.68. The van der Waals surface area contributed by atoms with Gasteiger partial charge in [0.1, 0.15) is 11.5 Å². The fourth-order valence-electron chi connectivity index (χ4n) is 3.26. The van der Waals surface area contributed by atoms with Gasteiger partial charge in [-0.2, -0.15) is 0 Å². The van der Waals surface area contributed by atoms with Crippen LogP contribution in [0.4, 0.5) is 4.79 Å². The quantitative estimate of drug-likeness (QED) is 0.902. The van der Waals surface area contributed by atoms with Gasteiger partial charge in [-0.15, -0.1) is 0 Å². The Balaban J connectivity index is 1.65. The van der Waals surface area contributed by atoms with Crippen molar-refractivity contribution in [2.24, 2.45) is 0 Å². The molecule has 134 valence electrons. The van der Waals surface area contributed by atoms with E-state index in [1.54, 1.807) is 18.1 Å². The number of carbonyl (C=O) groups is 1. The van der Waals surface area contributed by atoms with Crippen molar-refractivity contribution in [2.45, 2.75) is 58.5 Å². The molecule has 1 atom stereocenters. The Kier molecular flexibility index (Phi) is 5.36. The van der Waals surface area contributed by atoms with E-state index in [0.29, 0.717) is 6.54 Å². The lowest BCUT2D eigenvalue weighted by Crippen LogP contribution is -2.39. The van der Waals surface area contributed by atoms with Crippen LogP contribution < -0.4 is 5.32 Å². The molecule has 6 nitrogen and oxygen atoms in total. The Labute approximate surface area is 148 Å². The van der Waals surface area contributed by atoms with Crippen molar-refractivity contribution in [1.29, 1.82) is 0 Å². The molecular weight excluding hydrogens is 316 g/mol. The highest BCUT2D eigenvalue weighted by molar-refractivity contribution is 5.74. The summed E-state index contributed by atoms with van der Waals surface area (Å²) >= 11 is 0. The largest absolute Gasteiger partial charge is 0.361 e. The Hall–Kier alpha value is -2.37. The van der Waals surface area contributed by atoms with Gasteiger partial charge in [-0.1, -0.05) is 12.1 Å². The molecule has 0 fully saturated rings. The van der Waals surface area contributed by atoms with Gasteiger partial charge >= 0.3 is 6.03 Å². The number of nitrogens with zero attached hydrogens (tertiary/aromatic N) is 3. The number of aromatic nitrogens is 2. The molecule has 0 saturated heterocycles. The minimum atomic E-state index is -0.122. The predicted molar refractivity (Wildman–Crippen MR) is 95.1 cm³/mol. The third-order valence-electron chi connectivity index (χ3n) is 4.76. The number of amides is 2. The van der Waals surface area contributed by atoms with E-state index in [2.05, 4.69) is 15.5 Å². The maximum absolute atomic E-state index is 12.6. The first-order valence-electron chi connectivity index (χ1n) is 8.99. The summed E-state index contributed by atoms with van der Waals surface area (Å²) in [7, 11) is 1.79. The zero-order valence-electron chi connectivity index (χ0n) is 15.2. The molecule has 0 aliphatic heterocycles. The Morgan fingerprint density at radius 2 is 2.20 bits per heavy atom. The van der Waals surface area contributed by atoms with Crippen molar-refractivity contribution < 1.29 is 9.32 Å². The number of hydrogen-bond donors (Lipinski definition) is 1. The molecule has 0 saturated carbocycles. The molecule has 6 heteroatoms. The molecule has 0 spiro atoms. The third-order valence-corrected chi connectivity index (χ3v) is 4.76. The van der Waals surface area contributed by atoms with E-state index in [4.69, 9.17) is 4.52 Å². The van der Waals surface area contributed by atoms with Crippen LogP contribution in [0.3, 0.4) is 0 Å². The maximum Gasteiger partial charge on any atom is 0.318 e. The number of hydrogen-bond acceptors (Lipinski definition) is 4. The van der Waals surface area contributed by atoms with Crippen LogP contribution in [0.1, 0.15) is 60.5 Å². The monoisotopic (exact) mass is 342 g/mol. The van der Waals surface area contributed by atoms with Crippen molar-refractivity contribution in [3.05, 3.63) is 46.6 Å². The summed E-state index contributed by atoms with van der Waals surface area (Å²) in [5.41, 5.74) is 4.11. The third kappa shape index (κ3) is 4.00. The van der Waals surface area contributed by atoms with Crippen LogP contribution in [0.2, 0.25) is 0 Å². The smallest absolute Gasteiger partial charge is 0.318 e. The zero-order valence-corrected chi connectivity index (χ0v) is 15.2. The van der Waals surface area contributed by atoms with Gasteiger partial charge in [0.2, 0.25) is 0 Å². The van der Waals surface area contributed by atoms with Crippen LogP contribution >= 0.6 is 0 Å². The average molecular weight is 342 g/mol. The van der Waals surface area contributed by atoms with Gasteiger partial charge in [0.05, 0.1) is 18.3 Å². The number of pyridine rings is 1. The minimum absolute atomic E-state index is 0.0962. The summed E-state index contributed by atoms with van der Waals surface area (Å²) in [4.78, 5) is 18.6. The van der Waals surface area contributed by atoms with Gasteiger partial charge in [0, 0.05) is 25.2 Å². The van der Waals surface area contributed by atoms with Crippen LogP contribution in [0.25, 0.3) is 0 Å². The van der Waals surface area contributed by atoms with E-state index in [0.717, 1.165) is 54.8 Å². The zero-order chi connectivity index (χ0) is 17.8. The molecule has 1 aliphatic carbocycles. The van der Waals surface area contributed by atoms with Crippen molar-refractivity contribution in [1.82, 2.24) is 20.4 Å². The molecule has 3 rings (SSSR count). The fourth-order valence-corrected chi connectivity index (χ4v) is 3.26. The van der Waals surface area contributed by atoms with Gasteiger partial charge in [0.25, 0.3) is 0 Å². The SMILES string of the molecule is CCC(NC(=O)N(C)Cc1noc2c1CCCC2)c1cc(C)ccn1. The van der Waals surface area contributed by atoms with E-state index in [9.17, 15) is 4.79 Å². The predicted octanol–water partition coefficient (Wildman–Crippen LogP) is 3.55. The van der Waals surface area contributed by atoms with Crippen molar-refractivity contribution >= 4 is 6.03 Å². The van der Waals surface area contributed by atoms with Crippen LogP contribution in [0.15, 0.2) is 22.9 Å². The number of nitrogens with one attached hydrogen (secondary N) is 1. The van der Waals surface area contributed by atoms with Crippen molar-refractivity contribution in [3.63, 3.8) is 0 Å². The Morgan fingerprint density at radius 1 is 1.40 bits per heavy atom. The molecule has 2 heterocycles. The Bertz CT molecular complexity index is 741. The first kappa shape index (κ1) is 17.5. The highest BCUT2D eigenvalue weighted by Crippen LogP contribution is 2.25. The number of rotatable bonds is 5. The molecule has 1 aliphatic rings. The van der Waals surface area contributed by atoms with Crippen molar-refractivity contribution in [3.8, 4) is 0 Å². The van der Waals surface area contributed by atoms with Crippen LogP contribution in [-0.2, 0) is 19.4 Å². The average Bonchev–Trinajstić information content (AvgIpc) is 3.02. The molecule has 0 aromatic carbocycles. The van der Waals surface area contributed by atoms with E-state index >= 15 is 0 Å². The molecule has 25 heavy (non-hydrogen) atoms. The lowest BCUT2D eigenvalue weighted by atomic mass is 9.96. The topological polar surface area (TPSA) is 71.3 Å². The second-order valence-corrected chi connectivity index (χ2v) is 6.76. The van der Waals surface area contributed by atoms with Crippen molar-refractivity contribution in [2.75, 3.05) is 7.05 Å². The standard InChI is InChI=1S/C19H26N4O2/c1-4-15(16-11-13(2)9-10-20-16)21-19(24)23(3)12-17-14-7-5-6-8-18(14)25-22-17/h9-11,15H,4-8,12H2,1-3H3,(H,21,24). The van der Waals surface area contributed by atoms with E-state index in [1.807, 2.05) is 26.0 Å². The summed E-state index contributed by atoms with van der Waals surface area (Å²) < 4.78 is 5.43. The number of carbonyl (C=O) groups excluding carboxylic acids is 1. The van der Waals surface area contributed by atoms with Gasteiger partial charge in [0.15, 0.2) is 0 Å². The lowest BCUT2D eigenvalue weighted by molar-refractivity contribution is 0.200. The number of aryl methyl sites for hydroxylation is 2. The van der Waals surface area contributed by atoms with Gasteiger partial charge in [-0.25, -0.2) is 4.79 Å². The molecule has 0 bridgehead atoms. The molecule has 2 amide bonds. The summed E-state index contributed by atoms with van der Waals surface area (Å²) in [6.45, 7) is 4.53. The van der Waals surface area contributed by atoms with Gasteiger partial charge < -0.3 is 14.7 Å². The summed E-state index contributed by atoms with van der Waals surface area (Å²) in [5, 5.41) is 7.25. The second-order valence-electron chi connectivity index (χ2n) is 6.76. The van der Waals surface area contributed by atoms with E-state index in [1.165, 1.54) is 5.56 Å². The Morgan fingerprint density at radius 3 is 2.96 bits per heavy atom. The molecule has 1 unspecified atom stereocenters. The highest BCUT2D eigenvalue weighted by Gasteiger charge is 2.22. The van der Waals surface area contributed by atoms with E-state index in [-0.39, 0.29) is 12.1 Å². The number of fused-ring (bicyclic) bond motifs is 1. The molecule has 2 aromatic heterocycles. The number of urea groups is 1. The van der Waals surface area contributed by atoms with Gasteiger partial charge in [-0.05, 0) is 50.3 Å². The van der Waals surface area contributed by atoms with Crippen LogP contribution in [-0.4, -0.2) is 28.1 Å². The fraction of sp³-hybridized carbons (Fsp3) is 0.526. The van der Waals surface area contributed by atoms with Crippen LogP contribution in [0, 0.1) is 6.92 Å². The summed E-state index contributed by atoms with van der Waals surface area (Å²) in [6, 6.07) is 3.75. The highest BCUT2D eigenvalue weighted by atomic mass is 16.5.